The molecule has 0 atom stereocenters. The first-order valence-electron chi connectivity index (χ1n) is 7.27. The summed E-state index contributed by atoms with van der Waals surface area (Å²) in [5.74, 6) is 0.687. The maximum absolute atomic E-state index is 12.2. The summed E-state index contributed by atoms with van der Waals surface area (Å²) in [6, 6.07) is 11.1. The molecule has 0 bridgehead atoms. The lowest BCUT2D eigenvalue weighted by Crippen LogP contribution is -2.11. The third-order valence-electron chi connectivity index (χ3n) is 3.07. The monoisotopic (exact) mass is 328 g/mol. The van der Waals surface area contributed by atoms with Gasteiger partial charge in [-0.25, -0.2) is 0 Å². The van der Waals surface area contributed by atoms with E-state index in [4.69, 9.17) is 4.52 Å². The first kappa shape index (κ1) is 15.4. The van der Waals surface area contributed by atoms with Crippen molar-refractivity contribution in [3.63, 3.8) is 0 Å². The van der Waals surface area contributed by atoms with Gasteiger partial charge in [-0.2, -0.15) is 0 Å². The zero-order valence-electron chi connectivity index (χ0n) is 12.8. The van der Waals surface area contributed by atoms with Gasteiger partial charge in [0.15, 0.2) is 11.5 Å². The van der Waals surface area contributed by atoms with Crippen LogP contribution in [0.4, 0.5) is 5.13 Å². The fraction of sp³-hybridized carbons (Fsp3) is 0.250. The van der Waals surface area contributed by atoms with Gasteiger partial charge < -0.3 is 4.52 Å². The van der Waals surface area contributed by atoms with Crippen LogP contribution in [0.2, 0.25) is 0 Å². The maximum Gasteiger partial charge on any atom is 0.279 e. The van der Waals surface area contributed by atoms with E-state index in [1.54, 1.807) is 6.07 Å². The molecular weight excluding hydrogens is 312 g/mol. The van der Waals surface area contributed by atoms with Gasteiger partial charge in [0.05, 0.1) is 0 Å². The predicted molar refractivity (Wildman–Crippen MR) is 88.3 cm³/mol. The number of hydrogen-bond donors (Lipinski definition) is 1. The number of nitrogens with zero attached hydrogens (tertiary/aromatic N) is 3. The van der Waals surface area contributed by atoms with Crippen LogP contribution in [-0.4, -0.2) is 21.3 Å². The highest BCUT2D eigenvalue weighted by molar-refractivity contribution is 7.15. The van der Waals surface area contributed by atoms with E-state index in [9.17, 15) is 4.79 Å². The maximum atomic E-state index is 12.2. The van der Waals surface area contributed by atoms with Gasteiger partial charge in [0.25, 0.3) is 5.91 Å². The van der Waals surface area contributed by atoms with E-state index in [0.29, 0.717) is 16.8 Å². The molecular formula is C16H16N4O2S. The normalized spacial score (nSPS) is 10.9. The molecule has 6 nitrogen and oxygen atoms in total. The first-order chi connectivity index (χ1) is 11.1. The Labute approximate surface area is 137 Å². The number of carbonyl (C=O) groups excluding carboxylic acids is 1. The Hall–Kier alpha value is -2.54. The molecule has 1 N–H and O–H groups in total. The number of carbonyl (C=O) groups is 1. The van der Waals surface area contributed by atoms with E-state index in [-0.39, 0.29) is 11.6 Å². The van der Waals surface area contributed by atoms with Crippen LogP contribution in [0.15, 0.2) is 40.9 Å². The number of anilines is 1. The van der Waals surface area contributed by atoms with Crippen LogP contribution in [0.5, 0.6) is 0 Å². The summed E-state index contributed by atoms with van der Waals surface area (Å²) in [5, 5.41) is 15.9. The summed E-state index contributed by atoms with van der Waals surface area (Å²) in [4.78, 5) is 12.2. The van der Waals surface area contributed by atoms with Crippen LogP contribution in [0.25, 0.3) is 11.3 Å². The first-order valence-corrected chi connectivity index (χ1v) is 8.09. The molecule has 23 heavy (non-hydrogen) atoms. The number of nitrogens with one attached hydrogen (secondary N) is 1. The summed E-state index contributed by atoms with van der Waals surface area (Å²) in [7, 11) is 0. The summed E-state index contributed by atoms with van der Waals surface area (Å²) in [6.45, 7) is 4.22. The molecule has 1 aromatic carbocycles. The molecule has 0 spiro atoms. The van der Waals surface area contributed by atoms with Crippen molar-refractivity contribution < 1.29 is 9.32 Å². The Morgan fingerprint density at radius 3 is 2.78 bits per heavy atom. The number of hydrogen-bond acceptors (Lipinski definition) is 6. The van der Waals surface area contributed by atoms with E-state index in [1.807, 2.05) is 30.3 Å². The Bertz CT molecular complexity index is 795. The third-order valence-corrected chi connectivity index (χ3v) is 3.93. The lowest BCUT2D eigenvalue weighted by Gasteiger charge is -1.97. The lowest BCUT2D eigenvalue weighted by atomic mass is 10.1. The second-order valence-electron chi connectivity index (χ2n) is 5.50. The second-order valence-corrected chi connectivity index (χ2v) is 6.56. The molecule has 0 aliphatic heterocycles. The second kappa shape index (κ2) is 6.70. The molecule has 0 saturated heterocycles. The van der Waals surface area contributed by atoms with E-state index < -0.39 is 0 Å². The van der Waals surface area contributed by atoms with Gasteiger partial charge in [-0.15, -0.1) is 10.2 Å². The standard InChI is InChI=1S/C16H16N4O2S/c1-10(2)8-14-18-19-16(23-14)17-15(21)12-9-13(22-20-12)11-6-4-3-5-7-11/h3-7,9-10H,8H2,1-2H3,(H,17,19,21). The molecule has 0 saturated carbocycles. The van der Waals surface area contributed by atoms with Crippen molar-refractivity contribution >= 4 is 22.4 Å². The van der Waals surface area contributed by atoms with Gasteiger partial charge in [0, 0.05) is 18.1 Å². The highest BCUT2D eigenvalue weighted by Gasteiger charge is 2.16. The van der Waals surface area contributed by atoms with Crippen molar-refractivity contribution in [2.24, 2.45) is 5.92 Å². The Morgan fingerprint density at radius 2 is 2.04 bits per heavy atom. The summed E-state index contributed by atoms with van der Waals surface area (Å²) in [6.07, 6.45) is 0.843. The molecule has 2 aromatic heterocycles. The Morgan fingerprint density at radius 1 is 1.26 bits per heavy atom. The van der Waals surface area contributed by atoms with Crippen molar-refractivity contribution in [1.82, 2.24) is 15.4 Å². The summed E-state index contributed by atoms with van der Waals surface area (Å²) >= 11 is 1.37. The SMILES string of the molecule is CC(C)Cc1nnc(NC(=O)c2cc(-c3ccccc3)on2)s1. The van der Waals surface area contributed by atoms with Crippen LogP contribution in [0.1, 0.15) is 29.3 Å². The van der Waals surface area contributed by atoms with E-state index in [2.05, 4.69) is 34.5 Å². The molecule has 0 radical (unpaired) electrons. The van der Waals surface area contributed by atoms with Crippen molar-refractivity contribution in [3.05, 3.63) is 47.1 Å². The minimum Gasteiger partial charge on any atom is -0.355 e. The van der Waals surface area contributed by atoms with Crippen molar-refractivity contribution in [3.8, 4) is 11.3 Å². The van der Waals surface area contributed by atoms with E-state index in [0.717, 1.165) is 17.0 Å². The fourth-order valence-electron chi connectivity index (χ4n) is 2.02. The quantitative estimate of drug-likeness (QED) is 0.773. The van der Waals surface area contributed by atoms with Gasteiger partial charge >= 0.3 is 0 Å². The predicted octanol–water partition coefficient (Wildman–Crippen LogP) is 3.64. The molecule has 0 aliphatic carbocycles. The molecule has 3 rings (SSSR count). The lowest BCUT2D eigenvalue weighted by molar-refractivity contribution is 0.101. The molecule has 1 amide bonds. The van der Waals surface area contributed by atoms with Crippen LogP contribution in [0, 0.1) is 5.92 Å². The molecule has 118 valence electrons. The minimum absolute atomic E-state index is 0.212. The third kappa shape index (κ3) is 3.81. The van der Waals surface area contributed by atoms with Crippen LogP contribution in [0.3, 0.4) is 0 Å². The van der Waals surface area contributed by atoms with Crippen molar-refractivity contribution in [2.45, 2.75) is 20.3 Å². The minimum atomic E-state index is -0.358. The average Bonchev–Trinajstić information content (AvgIpc) is 3.17. The van der Waals surface area contributed by atoms with Crippen LogP contribution >= 0.6 is 11.3 Å². The largest absolute Gasteiger partial charge is 0.355 e. The van der Waals surface area contributed by atoms with Crippen LogP contribution in [-0.2, 0) is 6.42 Å². The molecule has 0 aliphatic rings. The Balaban J connectivity index is 1.69. The summed E-state index contributed by atoms with van der Waals surface area (Å²) in [5.41, 5.74) is 1.08. The zero-order valence-corrected chi connectivity index (χ0v) is 13.6. The molecule has 2 heterocycles. The van der Waals surface area contributed by atoms with Gasteiger partial charge in [0.2, 0.25) is 5.13 Å². The molecule has 7 heteroatoms. The van der Waals surface area contributed by atoms with Gasteiger partial charge in [-0.1, -0.05) is 60.7 Å². The highest BCUT2D eigenvalue weighted by Crippen LogP contribution is 2.22. The Kier molecular flexibility index (Phi) is 4.47. The van der Waals surface area contributed by atoms with E-state index in [1.165, 1.54) is 11.3 Å². The van der Waals surface area contributed by atoms with E-state index >= 15 is 0 Å². The van der Waals surface area contributed by atoms with Gasteiger partial charge in [-0.05, 0) is 5.92 Å². The van der Waals surface area contributed by atoms with Crippen molar-refractivity contribution in [2.75, 3.05) is 5.32 Å². The number of rotatable bonds is 5. The molecule has 3 aromatic rings. The smallest absolute Gasteiger partial charge is 0.279 e. The highest BCUT2D eigenvalue weighted by atomic mass is 32.1. The van der Waals surface area contributed by atoms with Crippen LogP contribution < -0.4 is 5.32 Å². The van der Waals surface area contributed by atoms with Crippen molar-refractivity contribution in [1.29, 1.82) is 0 Å². The molecule has 0 unspecified atom stereocenters. The number of benzene rings is 1. The number of amides is 1. The summed E-state index contributed by atoms with van der Waals surface area (Å²) < 4.78 is 5.22. The fourth-order valence-corrected chi connectivity index (χ4v) is 2.96. The zero-order chi connectivity index (χ0) is 16.2. The number of aromatic nitrogens is 3. The topological polar surface area (TPSA) is 80.9 Å². The molecule has 0 fully saturated rings. The average molecular weight is 328 g/mol. The van der Waals surface area contributed by atoms with Gasteiger partial charge in [0.1, 0.15) is 5.01 Å². The van der Waals surface area contributed by atoms with Gasteiger partial charge in [-0.3, -0.25) is 10.1 Å².